The monoisotopic (exact) mass is 270 g/mol. The number of rotatable bonds is 5. The van der Waals surface area contributed by atoms with Crippen molar-refractivity contribution in [2.75, 3.05) is 0 Å². The Morgan fingerprint density at radius 1 is 1.37 bits per heavy atom. The molecule has 0 radical (unpaired) electrons. The number of nitrogens with one attached hydrogen (secondary N) is 1. The molecule has 0 saturated carbocycles. The highest BCUT2D eigenvalue weighted by Gasteiger charge is 2.22. The fourth-order valence-corrected chi connectivity index (χ4v) is 1.75. The largest absolute Gasteiger partial charge is 0.348 e. The summed E-state index contributed by atoms with van der Waals surface area (Å²) in [6.07, 6.45) is 0.786. The lowest BCUT2D eigenvalue weighted by atomic mass is 9.98. The smallest absolute Gasteiger partial charge is 0.237 e. The van der Waals surface area contributed by atoms with Crippen LogP contribution < -0.4 is 11.1 Å². The van der Waals surface area contributed by atoms with Crippen molar-refractivity contribution in [1.29, 1.82) is 0 Å². The Morgan fingerprint density at radius 2 is 2.00 bits per heavy atom. The van der Waals surface area contributed by atoms with Crippen molar-refractivity contribution in [3.05, 3.63) is 35.4 Å². The van der Waals surface area contributed by atoms with Gasteiger partial charge in [-0.2, -0.15) is 0 Å². The number of halogens is 2. The lowest BCUT2D eigenvalue weighted by Crippen LogP contribution is -2.45. The summed E-state index contributed by atoms with van der Waals surface area (Å²) in [6.45, 7) is 5.46. The molecule has 0 aromatic heterocycles. The van der Waals surface area contributed by atoms with Crippen LogP contribution >= 0.6 is 0 Å². The molecule has 0 spiro atoms. The third-order valence-electron chi connectivity index (χ3n) is 3.35. The molecule has 3 N–H and O–H groups in total. The van der Waals surface area contributed by atoms with Gasteiger partial charge in [-0.1, -0.05) is 26.3 Å². The molecule has 5 heteroatoms. The van der Waals surface area contributed by atoms with Crippen LogP contribution in [0.4, 0.5) is 8.78 Å². The molecular formula is C14H20F2N2O. The molecule has 1 unspecified atom stereocenters. The van der Waals surface area contributed by atoms with Crippen LogP contribution in [0.5, 0.6) is 0 Å². The third kappa shape index (κ3) is 3.99. The molecule has 1 amide bonds. The van der Waals surface area contributed by atoms with Crippen LogP contribution in [0.2, 0.25) is 0 Å². The second-order valence-corrected chi connectivity index (χ2v) is 4.81. The van der Waals surface area contributed by atoms with E-state index in [2.05, 4.69) is 5.32 Å². The second-order valence-electron chi connectivity index (χ2n) is 4.81. The van der Waals surface area contributed by atoms with E-state index >= 15 is 0 Å². The zero-order chi connectivity index (χ0) is 14.6. The van der Waals surface area contributed by atoms with Gasteiger partial charge in [0.25, 0.3) is 0 Å². The first kappa shape index (κ1) is 15.6. The highest BCUT2D eigenvalue weighted by molar-refractivity contribution is 5.82. The topological polar surface area (TPSA) is 55.1 Å². The molecule has 0 saturated heterocycles. The van der Waals surface area contributed by atoms with Gasteiger partial charge in [-0.25, -0.2) is 8.78 Å². The van der Waals surface area contributed by atoms with E-state index in [-0.39, 0.29) is 17.4 Å². The highest BCUT2D eigenvalue weighted by atomic mass is 19.1. The van der Waals surface area contributed by atoms with Crippen LogP contribution in [0.1, 0.15) is 38.8 Å². The fraction of sp³-hybridized carbons (Fsp3) is 0.500. The molecule has 3 atom stereocenters. The molecule has 1 aromatic carbocycles. The Labute approximate surface area is 112 Å². The summed E-state index contributed by atoms with van der Waals surface area (Å²) in [5.41, 5.74) is 6.04. The Hall–Kier alpha value is -1.49. The Kier molecular flexibility index (Phi) is 5.42. The van der Waals surface area contributed by atoms with Gasteiger partial charge in [0.2, 0.25) is 5.91 Å². The van der Waals surface area contributed by atoms with Gasteiger partial charge in [0, 0.05) is 11.6 Å². The fourth-order valence-electron chi connectivity index (χ4n) is 1.75. The summed E-state index contributed by atoms with van der Waals surface area (Å²) in [5, 5.41) is 2.65. The third-order valence-corrected chi connectivity index (χ3v) is 3.35. The van der Waals surface area contributed by atoms with Gasteiger partial charge in [-0.3, -0.25) is 4.79 Å². The zero-order valence-corrected chi connectivity index (χ0v) is 11.4. The molecule has 0 bridgehead atoms. The SMILES string of the molecule is CC[C@H](C)[C@H](N)C(=O)NC(C)c1ccc(F)cc1F. The maximum Gasteiger partial charge on any atom is 0.237 e. The standard InChI is InChI=1S/C14H20F2N2O/c1-4-8(2)13(17)14(19)18-9(3)11-6-5-10(15)7-12(11)16/h5-9,13H,4,17H2,1-3H3,(H,18,19)/t8-,9?,13-/m0/s1. The van der Waals surface area contributed by atoms with Gasteiger partial charge in [0.15, 0.2) is 0 Å². The van der Waals surface area contributed by atoms with Crippen molar-refractivity contribution in [3.63, 3.8) is 0 Å². The Morgan fingerprint density at radius 3 is 2.53 bits per heavy atom. The van der Waals surface area contributed by atoms with Crippen LogP contribution in [0.15, 0.2) is 18.2 Å². The van der Waals surface area contributed by atoms with Crippen LogP contribution in [0, 0.1) is 17.6 Å². The molecule has 0 aliphatic carbocycles. The normalized spacial score (nSPS) is 15.7. The second kappa shape index (κ2) is 6.61. The number of hydrogen-bond acceptors (Lipinski definition) is 2. The molecular weight excluding hydrogens is 250 g/mol. The van der Waals surface area contributed by atoms with E-state index in [1.165, 1.54) is 6.07 Å². The van der Waals surface area contributed by atoms with Crippen molar-refractivity contribution < 1.29 is 13.6 Å². The lowest BCUT2D eigenvalue weighted by Gasteiger charge is -2.21. The first-order chi connectivity index (χ1) is 8.86. The minimum absolute atomic E-state index is 0.0465. The van der Waals surface area contributed by atoms with Crippen molar-refractivity contribution in [1.82, 2.24) is 5.32 Å². The number of carbonyl (C=O) groups excluding carboxylic acids is 1. The van der Waals surface area contributed by atoms with Gasteiger partial charge >= 0.3 is 0 Å². The first-order valence-corrected chi connectivity index (χ1v) is 6.37. The minimum Gasteiger partial charge on any atom is -0.348 e. The number of hydrogen-bond donors (Lipinski definition) is 2. The quantitative estimate of drug-likeness (QED) is 0.863. The molecule has 1 aromatic rings. The number of benzene rings is 1. The molecule has 0 aliphatic heterocycles. The maximum atomic E-state index is 13.6. The van der Waals surface area contributed by atoms with Gasteiger partial charge in [0.05, 0.1) is 12.1 Å². The molecule has 0 aliphatic rings. The summed E-state index contributed by atoms with van der Waals surface area (Å²) in [4.78, 5) is 11.9. The predicted octanol–water partition coefficient (Wildman–Crippen LogP) is 2.52. The summed E-state index contributed by atoms with van der Waals surface area (Å²) in [5.74, 6) is -1.60. The van der Waals surface area contributed by atoms with E-state index in [0.717, 1.165) is 18.6 Å². The van der Waals surface area contributed by atoms with Gasteiger partial charge in [-0.05, 0) is 18.9 Å². The Bertz CT molecular complexity index is 451. The molecule has 0 heterocycles. The first-order valence-electron chi connectivity index (χ1n) is 6.37. The van der Waals surface area contributed by atoms with Gasteiger partial charge in [0.1, 0.15) is 11.6 Å². The summed E-state index contributed by atoms with van der Waals surface area (Å²) in [7, 11) is 0. The summed E-state index contributed by atoms with van der Waals surface area (Å²) >= 11 is 0. The summed E-state index contributed by atoms with van der Waals surface area (Å²) in [6, 6.07) is 2.10. The maximum absolute atomic E-state index is 13.6. The van der Waals surface area contributed by atoms with Crippen LogP contribution in [-0.4, -0.2) is 11.9 Å². The molecule has 1 rings (SSSR count). The lowest BCUT2D eigenvalue weighted by molar-refractivity contribution is -0.124. The zero-order valence-electron chi connectivity index (χ0n) is 11.4. The summed E-state index contributed by atoms with van der Waals surface area (Å²) < 4.78 is 26.4. The van der Waals surface area contributed by atoms with E-state index in [1.54, 1.807) is 6.92 Å². The molecule has 0 fully saturated rings. The average Bonchev–Trinajstić information content (AvgIpc) is 2.36. The molecule has 106 valence electrons. The van der Waals surface area contributed by atoms with Crippen LogP contribution in [-0.2, 0) is 4.79 Å². The predicted molar refractivity (Wildman–Crippen MR) is 70.3 cm³/mol. The van der Waals surface area contributed by atoms with Crippen molar-refractivity contribution >= 4 is 5.91 Å². The molecule has 3 nitrogen and oxygen atoms in total. The van der Waals surface area contributed by atoms with Crippen molar-refractivity contribution in [3.8, 4) is 0 Å². The van der Waals surface area contributed by atoms with Crippen molar-refractivity contribution in [2.45, 2.75) is 39.3 Å². The molecule has 19 heavy (non-hydrogen) atoms. The average molecular weight is 270 g/mol. The number of nitrogens with two attached hydrogens (primary N) is 1. The number of amides is 1. The van der Waals surface area contributed by atoms with Crippen LogP contribution in [0.25, 0.3) is 0 Å². The number of carbonyl (C=O) groups is 1. The van der Waals surface area contributed by atoms with Gasteiger partial charge in [-0.15, -0.1) is 0 Å². The van der Waals surface area contributed by atoms with Crippen molar-refractivity contribution in [2.24, 2.45) is 11.7 Å². The Balaban J connectivity index is 2.74. The van der Waals surface area contributed by atoms with E-state index in [9.17, 15) is 13.6 Å². The highest BCUT2D eigenvalue weighted by Crippen LogP contribution is 2.18. The van der Waals surface area contributed by atoms with E-state index < -0.39 is 23.7 Å². The van der Waals surface area contributed by atoms with E-state index in [0.29, 0.717) is 0 Å². The van der Waals surface area contributed by atoms with E-state index in [1.807, 2.05) is 13.8 Å². The van der Waals surface area contributed by atoms with Gasteiger partial charge < -0.3 is 11.1 Å². The minimum atomic E-state index is -0.676. The van der Waals surface area contributed by atoms with Crippen LogP contribution in [0.3, 0.4) is 0 Å². The van der Waals surface area contributed by atoms with E-state index in [4.69, 9.17) is 5.73 Å².